The second-order valence-electron chi connectivity index (χ2n) is 9.82. The van der Waals surface area contributed by atoms with Gasteiger partial charge in [-0.1, -0.05) is 48.0 Å². The highest BCUT2D eigenvalue weighted by molar-refractivity contribution is 5.62. The first-order valence-electron chi connectivity index (χ1n) is 12.1. The smallest absolute Gasteiger partial charge is 0.123 e. The van der Waals surface area contributed by atoms with Crippen molar-refractivity contribution in [3.8, 4) is 5.69 Å². The number of aromatic nitrogens is 2. The normalized spacial score (nSPS) is 19.7. The highest BCUT2D eigenvalue weighted by Crippen LogP contribution is 2.46. The second kappa shape index (κ2) is 8.90. The number of halogens is 2. The molecule has 2 aliphatic rings. The van der Waals surface area contributed by atoms with Gasteiger partial charge < -0.3 is 0 Å². The first-order chi connectivity index (χ1) is 17.1. The molecule has 5 heteroatoms. The molecule has 35 heavy (non-hydrogen) atoms. The van der Waals surface area contributed by atoms with Crippen molar-refractivity contribution >= 4 is 6.08 Å². The molecule has 3 aromatic carbocycles. The molecule has 6 rings (SSSR count). The number of benzene rings is 3. The van der Waals surface area contributed by atoms with Crippen molar-refractivity contribution in [3.63, 3.8) is 0 Å². The molecule has 0 saturated carbocycles. The summed E-state index contributed by atoms with van der Waals surface area (Å²) in [6.07, 6.45) is 6.96. The standard InChI is InChI=1S/C30H27F2N3/c31-26-8-6-22(7-9-26)17-30-18-24-19-33-35(28-12-10-27(32)11-13-28)29(24)16-25(30)14-15-34(21-30)20-23-4-2-1-3-5-23/h1-13,16,19H,14-15,17-18,20-21H2. The SMILES string of the molecule is Fc1ccc(CC23Cc4cnn(-c5ccc(F)cc5)c4C=C2CCN(Cc2ccccc2)C3)cc1. The Morgan fingerprint density at radius 1 is 0.829 bits per heavy atom. The van der Waals surface area contributed by atoms with E-state index >= 15 is 0 Å². The Balaban J connectivity index is 1.36. The summed E-state index contributed by atoms with van der Waals surface area (Å²) in [5, 5.41) is 4.68. The van der Waals surface area contributed by atoms with Crippen LogP contribution in [0.1, 0.15) is 28.8 Å². The largest absolute Gasteiger partial charge is 0.298 e. The van der Waals surface area contributed by atoms with Crippen molar-refractivity contribution in [1.82, 2.24) is 14.7 Å². The van der Waals surface area contributed by atoms with Crippen LogP contribution in [0.3, 0.4) is 0 Å². The van der Waals surface area contributed by atoms with Gasteiger partial charge in [0.25, 0.3) is 0 Å². The maximum atomic E-state index is 13.6. The summed E-state index contributed by atoms with van der Waals surface area (Å²) < 4.78 is 29.0. The van der Waals surface area contributed by atoms with Gasteiger partial charge in [0.15, 0.2) is 0 Å². The molecule has 176 valence electrons. The maximum absolute atomic E-state index is 13.6. The van der Waals surface area contributed by atoms with Crippen LogP contribution in [0.15, 0.2) is 90.6 Å². The van der Waals surface area contributed by atoms with Gasteiger partial charge in [0.2, 0.25) is 0 Å². The molecule has 1 saturated heterocycles. The minimum Gasteiger partial charge on any atom is -0.298 e. The molecule has 1 atom stereocenters. The van der Waals surface area contributed by atoms with Gasteiger partial charge in [-0.15, -0.1) is 0 Å². The van der Waals surface area contributed by atoms with Gasteiger partial charge in [0, 0.05) is 25.0 Å². The lowest BCUT2D eigenvalue weighted by Crippen LogP contribution is -2.48. The molecular formula is C30H27F2N3. The topological polar surface area (TPSA) is 21.1 Å². The van der Waals surface area contributed by atoms with Crippen LogP contribution in [-0.4, -0.2) is 27.8 Å². The first-order valence-corrected chi connectivity index (χ1v) is 12.1. The molecule has 1 aliphatic heterocycles. The van der Waals surface area contributed by atoms with E-state index in [0.717, 1.165) is 55.8 Å². The number of likely N-dealkylation sites (tertiary alicyclic amines) is 1. The van der Waals surface area contributed by atoms with Crippen LogP contribution in [0.4, 0.5) is 8.78 Å². The van der Waals surface area contributed by atoms with E-state index in [1.807, 2.05) is 23.0 Å². The number of fused-ring (bicyclic) bond motifs is 2. The van der Waals surface area contributed by atoms with Crippen LogP contribution in [0.25, 0.3) is 11.8 Å². The van der Waals surface area contributed by atoms with E-state index in [4.69, 9.17) is 0 Å². The van der Waals surface area contributed by atoms with Gasteiger partial charge in [0.05, 0.1) is 17.6 Å². The highest BCUT2D eigenvalue weighted by Gasteiger charge is 2.43. The van der Waals surface area contributed by atoms with Crippen molar-refractivity contribution in [2.75, 3.05) is 13.1 Å². The van der Waals surface area contributed by atoms with Crippen LogP contribution < -0.4 is 0 Å². The molecule has 0 N–H and O–H groups in total. The molecule has 2 heterocycles. The third-order valence-corrected chi connectivity index (χ3v) is 7.41. The van der Waals surface area contributed by atoms with Crippen molar-refractivity contribution in [2.45, 2.75) is 25.8 Å². The van der Waals surface area contributed by atoms with Gasteiger partial charge in [-0.25, -0.2) is 13.5 Å². The number of rotatable bonds is 5. The molecule has 0 bridgehead atoms. The Morgan fingerprint density at radius 2 is 1.54 bits per heavy atom. The van der Waals surface area contributed by atoms with Crippen LogP contribution in [0, 0.1) is 17.0 Å². The van der Waals surface area contributed by atoms with Gasteiger partial charge >= 0.3 is 0 Å². The highest BCUT2D eigenvalue weighted by atomic mass is 19.1. The number of nitrogens with zero attached hydrogens (tertiary/aromatic N) is 3. The molecule has 0 spiro atoms. The average molecular weight is 468 g/mol. The van der Waals surface area contributed by atoms with E-state index in [1.165, 1.54) is 28.8 Å². The predicted octanol–water partition coefficient (Wildman–Crippen LogP) is 6.23. The number of hydrogen-bond acceptors (Lipinski definition) is 2. The van der Waals surface area contributed by atoms with E-state index in [9.17, 15) is 8.78 Å². The molecule has 1 unspecified atom stereocenters. The third-order valence-electron chi connectivity index (χ3n) is 7.41. The minimum atomic E-state index is -0.253. The molecule has 1 fully saturated rings. The fraction of sp³-hybridized carbons (Fsp3) is 0.233. The second-order valence-corrected chi connectivity index (χ2v) is 9.82. The average Bonchev–Trinajstić information content (AvgIpc) is 3.27. The number of piperidine rings is 1. The van der Waals surface area contributed by atoms with E-state index in [0.29, 0.717) is 0 Å². The summed E-state index contributed by atoms with van der Waals surface area (Å²) in [7, 11) is 0. The van der Waals surface area contributed by atoms with E-state index in [-0.39, 0.29) is 17.0 Å². The fourth-order valence-electron chi connectivity index (χ4n) is 5.75. The number of hydrogen-bond donors (Lipinski definition) is 0. The summed E-state index contributed by atoms with van der Waals surface area (Å²) in [4.78, 5) is 2.55. The minimum absolute atomic E-state index is 0.0749. The van der Waals surface area contributed by atoms with Crippen LogP contribution in [0.5, 0.6) is 0 Å². The Kier molecular flexibility index (Phi) is 5.57. The maximum Gasteiger partial charge on any atom is 0.123 e. The van der Waals surface area contributed by atoms with Crippen molar-refractivity contribution in [1.29, 1.82) is 0 Å². The van der Waals surface area contributed by atoms with Crippen LogP contribution in [-0.2, 0) is 19.4 Å². The summed E-state index contributed by atoms with van der Waals surface area (Å²) in [5.74, 6) is -0.458. The zero-order chi connectivity index (χ0) is 23.8. The zero-order valence-electron chi connectivity index (χ0n) is 19.5. The van der Waals surface area contributed by atoms with E-state index in [2.05, 4.69) is 46.4 Å². The van der Waals surface area contributed by atoms with Gasteiger partial charge in [-0.3, -0.25) is 4.90 Å². The van der Waals surface area contributed by atoms with Crippen LogP contribution >= 0.6 is 0 Å². The molecular weight excluding hydrogens is 440 g/mol. The lowest BCUT2D eigenvalue weighted by molar-refractivity contribution is 0.132. The van der Waals surface area contributed by atoms with E-state index in [1.54, 1.807) is 24.3 Å². The van der Waals surface area contributed by atoms with Gasteiger partial charge in [-0.05, 0) is 78.4 Å². The van der Waals surface area contributed by atoms with E-state index < -0.39 is 0 Å². The Bertz CT molecular complexity index is 1360. The zero-order valence-corrected chi connectivity index (χ0v) is 19.5. The summed E-state index contributed by atoms with van der Waals surface area (Å²) in [5.41, 5.74) is 6.94. The summed E-state index contributed by atoms with van der Waals surface area (Å²) in [6.45, 7) is 2.85. The van der Waals surface area contributed by atoms with Gasteiger partial charge in [-0.2, -0.15) is 5.10 Å². The third kappa shape index (κ3) is 4.32. The molecule has 3 nitrogen and oxygen atoms in total. The monoisotopic (exact) mass is 467 g/mol. The first kappa shape index (κ1) is 21.9. The van der Waals surface area contributed by atoms with Crippen molar-refractivity contribution < 1.29 is 8.78 Å². The van der Waals surface area contributed by atoms with Crippen molar-refractivity contribution in [2.24, 2.45) is 5.41 Å². The lowest BCUT2D eigenvalue weighted by Gasteiger charge is -2.47. The molecule has 4 aromatic rings. The Labute approximate surface area is 204 Å². The molecule has 0 amide bonds. The predicted molar refractivity (Wildman–Crippen MR) is 134 cm³/mol. The Morgan fingerprint density at radius 3 is 2.29 bits per heavy atom. The molecule has 1 aliphatic carbocycles. The lowest BCUT2D eigenvalue weighted by atomic mass is 9.65. The molecule has 1 aromatic heterocycles. The van der Waals surface area contributed by atoms with Crippen molar-refractivity contribution in [3.05, 3.63) is 125 Å². The fourth-order valence-corrected chi connectivity index (χ4v) is 5.75. The summed E-state index contributed by atoms with van der Waals surface area (Å²) >= 11 is 0. The summed E-state index contributed by atoms with van der Waals surface area (Å²) in [6, 6.07) is 24.0. The van der Waals surface area contributed by atoms with Crippen LogP contribution in [0.2, 0.25) is 0 Å². The molecule has 0 radical (unpaired) electrons. The van der Waals surface area contributed by atoms with Gasteiger partial charge in [0.1, 0.15) is 11.6 Å². The Hall–Kier alpha value is -3.57. The quantitative estimate of drug-likeness (QED) is 0.347.